The van der Waals surface area contributed by atoms with Crippen LogP contribution in [-0.2, 0) is 14.3 Å². The minimum Gasteiger partial charge on any atom is -0.498 e. The normalized spacial score (nSPS) is 18.7. The van der Waals surface area contributed by atoms with E-state index in [2.05, 4.69) is 0 Å². The van der Waals surface area contributed by atoms with Gasteiger partial charge in [-0.15, -0.1) is 0 Å². The molecule has 1 aliphatic rings. The van der Waals surface area contributed by atoms with Crippen molar-refractivity contribution < 1.29 is 24.5 Å². The lowest BCUT2D eigenvalue weighted by atomic mass is 9.98. The summed E-state index contributed by atoms with van der Waals surface area (Å²) in [6, 6.07) is 0. The maximum absolute atomic E-state index is 10.9. The molecule has 0 amide bonds. The van der Waals surface area contributed by atoms with Gasteiger partial charge in [0.2, 0.25) is 0 Å². The Bertz CT molecular complexity index is 305. The first-order valence-electron chi connectivity index (χ1n) is 6.36. The van der Waals surface area contributed by atoms with E-state index in [1.807, 2.05) is 0 Å². The molecule has 0 aromatic carbocycles. The average Bonchev–Trinajstić information content (AvgIpc) is 2.34. The van der Waals surface area contributed by atoms with Crippen molar-refractivity contribution in [2.75, 3.05) is 0 Å². The lowest BCUT2D eigenvalue weighted by Crippen LogP contribution is -2.15. The summed E-state index contributed by atoms with van der Waals surface area (Å²) in [5.74, 6) is -2.78. The summed E-state index contributed by atoms with van der Waals surface area (Å²) in [5, 5.41) is 17.4. The highest BCUT2D eigenvalue weighted by Gasteiger charge is 2.16. The zero-order valence-electron chi connectivity index (χ0n) is 10.4. The van der Waals surface area contributed by atoms with Crippen LogP contribution in [0.3, 0.4) is 0 Å². The summed E-state index contributed by atoms with van der Waals surface area (Å²) < 4.78 is 5.48. The smallest absolute Gasteiger partial charge is 0.310 e. The largest absolute Gasteiger partial charge is 0.498 e. The Balaban J connectivity index is 2.34. The molecule has 0 bridgehead atoms. The Morgan fingerprint density at radius 3 is 2.44 bits per heavy atom. The molecule has 0 aromatic rings. The van der Waals surface area contributed by atoms with Crippen LogP contribution in [0.15, 0.2) is 12.3 Å². The molecule has 1 aliphatic carbocycles. The zero-order chi connectivity index (χ0) is 13.4. The number of hydrogen-bond donors (Lipinski definition) is 2. The van der Waals surface area contributed by atoms with Crippen LogP contribution in [-0.4, -0.2) is 28.3 Å². The van der Waals surface area contributed by atoms with Gasteiger partial charge in [0.15, 0.2) is 0 Å². The molecule has 0 aromatic heterocycles. The number of carboxylic acids is 2. The summed E-state index contributed by atoms with van der Waals surface area (Å²) in [7, 11) is 0. The van der Waals surface area contributed by atoms with Crippen LogP contribution >= 0.6 is 0 Å². The van der Waals surface area contributed by atoms with Crippen LogP contribution in [0.5, 0.6) is 0 Å². The van der Waals surface area contributed by atoms with Crippen molar-refractivity contribution in [2.45, 2.75) is 51.0 Å². The number of rotatable bonds is 7. The number of hydrogen-bond acceptors (Lipinski definition) is 3. The Hall–Kier alpha value is -1.52. The van der Waals surface area contributed by atoms with Gasteiger partial charge in [-0.1, -0.05) is 6.42 Å². The molecule has 1 unspecified atom stereocenters. The average molecular weight is 256 g/mol. The van der Waals surface area contributed by atoms with Crippen LogP contribution in [0, 0.1) is 5.92 Å². The minimum absolute atomic E-state index is 0.0925. The maximum Gasteiger partial charge on any atom is 0.310 e. The van der Waals surface area contributed by atoms with Crippen LogP contribution in [0.25, 0.3) is 0 Å². The third kappa shape index (κ3) is 5.70. The fraction of sp³-hybridized carbons (Fsp3) is 0.692. The van der Waals surface area contributed by atoms with Gasteiger partial charge in [-0.25, -0.2) is 0 Å². The van der Waals surface area contributed by atoms with Crippen molar-refractivity contribution in [3.8, 4) is 0 Å². The van der Waals surface area contributed by atoms with Gasteiger partial charge in [0.05, 0.1) is 18.3 Å². The fourth-order valence-electron chi connectivity index (χ4n) is 2.03. The van der Waals surface area contributed by atoms with E-state index in [9.17, 15) is 9.59 Å². The number of ether oxygens (including phenoxy) is 1. The molecule has 1 rings (SSSR count). The molecule has 5 heteroatoms. The Labute approximate surface area is 106 Å². The summed E-state index contributed by atoms with van der Waals surface area (Å²) in [4.78, 5) is 21.3. The highest BCUT2D eigenvalue weighted by Crippen LogP contribution is 2.20. The summed E-state index contributed by atoms with van der Waals surface area (Å²) in [6.45, 7) is 0. The summed E-state index contributed by atoms with van der Waals surface area (Å²) in [6.07, 6.45) is 8.56. The molecule has 0 radical (unpaired) electrons. The van der Waals surface area contributed by atoms with Gasteiger partial charge < -0.3 is 14.9 Å². The van der Waals surface area contributed by atoms with Gasteiger partial charge in [-0.3, -0.25) is 9.59 Å². The third-order valence-corrected chi connectivity index (χ3v) is 3.12. The molecule has 18 heavy (non-hydrogen) atoms. The number of carbonyl (C=O) groups is 2. The standard InChI is InChI=1S/C13H20O5/c14-12(15)7-6-10(13(16)17)8-9-18-11-4-2-1-3-5-11/h8-11H,1-7H2,(H,14,15)(H,16,17). The molecule has 0 aliphatic heterocycles. The zero-order valence-corrected chi connectivity index (χ0v) is 10.4. The van der Waals surface area contributed by atoms with Gasteiger partial charge in [-0.2, -0.15) is 0 Å². The van der Waals surface area contributed by atoms with Gasteiger partial charge in [0.25, 0.3) is 0 Å². The molecule has 2 N–H and O–H groups in total. The highest BCUT2D eigenvalue weighted by molar-refractivity contribution is 5.73. The van der Waals surface area contributed by atoms with Crippen LogP contribution in [0.2, 0.25) is 0 Å². The summed E-state index contributed by atoms with van der Waals surface area (Å²) in [5.41, 5.74) is 0. The molecule has 0 heterocycles. The molecule has 102 valence electrons. The predicted octanol–water partition coefficient (Wildman–Crippen LogP) is 2.42. The second kappa shape index (κ2) is 7.74. The van der Waals surface area contributed by atoms with Crippen LogP contribution in [0.4, 0.5) is 0 Å². The maximum atomic E-state index is 10.9. The first kappa shape index (κ1) is 14.5. The Morgan fingerprint density at radius 2 is 1.89 bits per heavy atom. The minimum atomic E-state index is -1.01. The van der Waals surface area contributed by atoms with Crippen molar-refractivity contribution in [1.29, 1.82) is 0 Å². The van der Waals surface area contributed by atoms with Crippen molar-refractivity contribution in [3.63, 3.8) is 0 Å². The van der Waals surface area contributed by atoms with Gasteiger partial charge in [0.1, 0.15) is 0 Å². The first-order chi connectivity index (χ1) is 8.59. The van der Waals surface area contributed by atoms with E-state index in [4.69, 9.17) is 14.9 Å². The predicted molar refractivity (Wildman–Crippen MR) is 65.1 cm³/mol. The van der Waals surface area contributed by atoms with Crippen molar-refractivity contribution in [2.24, 2.45) is 5.92 Å². The van der Waals surface area contributed by atoms with E-state index in [1.165, 1.54) is 18.8 Å². The second-order valence-electron chi connectivity index (χ2n) is 4.60. The van der Waals surface area contributed by atoms with Crippen LogP contribution in [0.1, 0.15) is 44.9 Å². The molecule has 0 spiro atoms. The SMILES string of the molecule is O=C(O)CCC(C=COC1CCCCC1)C(=O)O. The third-order valence-electron chi connectivity index (χ3n) is 3.12. The Kier molecular flexibility index (Phi) is 6.25. The lowest BCUT2D eigenvalue weighted by Gasteiger charge is -2.21. The van der Waals surface area contributed by atoms with E-state index in [0.717, 1.165) is 25.7 Å². The van der Waals surface area contributed by atoms with Crippen molar-refractivity contribution >= 4 is 11.9 Å². The molecule has 1 fully saturated rings. The molecule has 0 saturated heterocycles. The second-order valence-corrected chi connectivity index (χ2v) is 4.60. The van der Waals surface area contributed by atoms with Gasteiger partial charge in [-0.05, 0) is 38.2 Å². The summed E-state index contributed by atoms with van der Waals surface area (Å²) >= 11 is 0. The number of aliphatic carboxylic acids is 2. The van der Waals surface area contributed by atoms with Gasteiger partial charge >= 0.3 is 11.9 Å². The topological polar surface area (TPSA) is 83.8 Å². The van der Waals surface area contributed by atoms with Gasteiger partial charge in [0, 0.05) is 6.42 Å². The molecular weight excluding hydrogens is 236 g/mol. The molecule has 5 nitrogen and oxygen atoms in total. The number of carboxylic acid groups (broad SMARTS) is 2. The van der Waals surface area contributed by atoms with E-state index >= 15 is 0 Å². The fourth-order valence-corrected chi connectivity index (χ4v) is 2.03. The van der Waals surface area contributed by atoms with Crippen LogP contribution < -0.4 is 0 Å². The van der Waals surface area contributed by atoms with E-state index < -0.39 is 17.9 Å². The van der Waals surface area contributed by atoms with E-state index in [1.54, 1.807) is 0 Å². The molecule has 1 saturated carbocycles. The molecule has 1 atom stereocenters. The quantitative estimate of drug-likeness (QED) is 0.683. The highest BCUT2D eigenvalue weighted by atomic mass is 16.5. The van der Waals surface area contributed by atoms with E-state index in [-0.39, 0.29) is 18.9 Å². The first-order valence-corrected chi connectivity index (χ1v) is 6.36. The monoisotopic (exact) mass is 256 g/mol. The Morgan fingerprint density at radius 1 is 1.22 bits per heavy atom. The van der Waals surface area contributed by atoms with E-state index in [0.29, 0.717) is 0 Å². The molecular formula is C13H20O5. The van der Waals surface area contributed by atoms with Crippen molar-refractivity contribution in [3.05, 3.63) is 12.3 Å². The lowest BCUT2D eigenvalue weighted by molar-refractivity contribution is -0.141. The van der Waals surface area contributed by atoms with Crippen molar-refractivity contribution in [1.82, 2.24) is 0 Å².